The molecule has 0 atom stereocenters. The van der Waals surface area contributed by atoms with Crippen LogP contribution >= 0.6 is 0 Å². The van der Waals surface area contributed by atoms with E-state index in [0.29, 0.717) is 6.04 Å². The second kappa shape index (κ2) is 4.67. The average Bonchev–Trinajstić information content (AvgIpc) is 2.18. The number of nitrogens with zero attached hydrogens (tertiary/aromatic N) is 1. The Morgan fingerprint density at radius 3 is 2.40 bits per heavy atom. The molecule has 0 unspecified atom stereocenters. The first kappa shape index (κ1) is 12.1. The predicted octanol–water partition coefficient (Wildman–Crippen LogP) is 0.999. The summed E-state index contributed by atoms with van der Waals surface area (Å²) in [5.74, 6) is 2.90. The van der Waals surface area contributed by atoms with Crippen molar-refractivity contribution in [3.05, 3.63) is 0 Å². The molecule has 0 saturated carbocycles. The summed E-state index contributed by atoms with van der Waals surface area (Å²) in [6.07, 6.45) is 7.40. The molecular weight excluding hydrogens is 188 g/mol. The fourth-order valence-electron chi connectivity index (χ4n) is 1.89. The van der Waals surface area contributed by atoms with Crippen LogP contribution in [-0.4, -0.2) is 35.5 Å². The predicted molar refractivity (Wildman–Crippen MR) is 61.3 cm³/mol. The Kier molecular flexibility index (Phi) is 3.76. The standard InChI is InChI=1S/C12H20N2O/c1-5-12(3,4)13-11-6-8-14(9-7-11)10(2)15/h1,11,13H,6-9H2,2-4H3. The number of hydrogen-bond acceptors (Lipinski definition) is 2. The number of hydrogen-bond donors (Lipinski definition) is 1. The summed E-state index contributed by atoms with van der Waals surface area (Å²) in [5.41, 5.74) is -0.247. The second-order valence-electron chi connectivity index (χ2n) is 4.69. The van der Waals surface area contributed by atoms with Gasteiger partial charge in [-0.05, 0) is 26.7 Å². The third-order valence-electron chi connectivity index (χ3n) is 2.87. The minimum absolute atomic E-state index is 0.171. The molecule has 0 aromatic carbocycles. The number of nitrogens with one attached hydrogen (secondary N) is 1. The summed E-state index contributed by atoms with van der Waals surface area (Å²) >= 11 is 0. The van der Waals surface area contributed by atoms with Gasteiger partial charge in [-0.1, -0.05) is 5.92 Å². The van der Waals surface area contributed by atoms with Crippen molar-refractivity contribution in [1.82, 2.24) is 10.2 Å². The van der Waals surface area contributed by atoms with Crippen LogP contribution in [0.25, 0.3) is 0 Å². The van der Waals surface area contributed by atoms with E-state index in [0.717, 1.165) is 25.9 Å². The molecule has 0 radical (unpaired) electrons. The van der Waals surface area contributed by atoms with Gasteiger partial charge in [0.25, 0.3) is 0 Å². The van der Waals surface area contributed by atoms with Gasteiger partial charge in [-0.3, -0.25) is 10.1 Å². The van der Waals surface area contributed by atoms with Crippen LogP contribution in [0.1, 0.15) is 33.6 Å². The molecule has 1 aliphatic rings. The van der Waals surface area contributed by atoms with Crippen LogP contribution < -0.4 is 5.32 Å². The van der Waals surface area contributed by atoms with Gasteiger partial charge in [0.15, 0.2) is 0 Å². The molecule has 1 heterocycles. The summed E-state index contributed by atoms with van der Waals surface area (Å²) in [6.45, 7) is 7.31. The normalized spacial score (nSPS) is 18.7. The molecule has 1 fully saturated rings. The lowest BCUT2D eigenvalue weighted by Gasteiger charge is -2.35. The molecule has 1 aliphatic heterocycles. The summed E-state index contributed by atoms with van der Waals surface area (Å²) in [5, 5.41) is 3.43. The summed E-state index contributed by atoms with van der Waals surface area (Å²) in [7, 11) is 0. The SMILES string of the molecule is C#CC(C)(C)NC1CCN(C(C)=O)CC1. The Morgan fingerprint density at radius 1 is 1.47 bits per heavy atom. The van der Waals surface area contributed by atoms with Crippen molar-refractivity contribution in [1.29, 1.82) is 0 Å². The van der Waals surface area contributed by atoms with Gasteiger partial charge in [0.05, 0.1) is 5.54 Å². The number of piperidine rings is 1. The fourth-order valence-corrected chi connectivity index (χ4v) is 1.89. The minimum atomic E-state index is -0.247. The van der Waals surface area contributed by atoms with Crippen LogP contribution in [0.15, 0.2) is 0 Å². The Hall–Kier alpha value is -1.01. The largest absolute Gasteiger partial charge is 0.343 e. The molecule has 1 N–H and O–H groups in total. The van der Waals surface area contributed by atoms with Gasteiger partial charge in [-0.25, -0.2) is 0 Å². The number of rotatable bonds is 2. The van der Waals surface area contributed by atoms with Crippen LogP contribution in [0.2, 0.25) is 0 Å². The van der Waals surface area contributed by atoms with Gasteiger partial charge in [-0.15, -0.1) is 6.42 Å². The molecule has 15 heavy (non-hydrogen) atoms. The maximum atomic E-state index is 11.1. The summed E-state index contributed by atoms with van der Waals surface area (Å²) < 4.78 is 0. The Labute approximate surface area is 92.2 Å². The summed E-state index contributed by atoms with van der Waals surface area (Å²) in [6, 6.07) is 0.437. The van der Waals surface area contributed by atoms with Gasteiger partial charge >= 0.3 is 0 Å². The van der Waals surface area contributed by atoms with Gasteiger partial charge < -0.3 is 4.90 Å². The lowest BCUT2D eigenvalue weighted by molar-refractivity contribution is -0.129. The second-order valence-corrected chi connectivity index (χ2v) is 4.69. The highest BCUT2D eigenvalue weighted by Crippen LogP contribution is 2.13. The van der Waals surface area contributed by atoms with Gasteiger partial charge in [0.1, 0.15) is 0 Å². The Balaban J connectivity index is 2.39. The zero-order valence-electron chi connectivity index (χ0n) is 9.84. The van der Waals surface area contributed by atoms with Crippen molar-refractivity contribution in [3.8, 4) is 12.3 Å². The molecule has 1 amide bonds. The lowest BCUT2D eigenvalue weighted by atomic mass is 9.99. The van der Waals surface area contributed by atoms with E-state index in [4.69, 9.17) is 6.42 Å². The first-order valence-electron chi connectivity index (χ1n) is 5.45. The Bertz CT molecular complexity index is 270. The number of amides is 1. The van der Waals surface area contributed by atoms with Crippen molar-refractivity contribution in [2.45, 2.75) is 45.2 Å². The van der Waals surface area contributed by atoms with Gasteiger partial charge in [0.2, 0.25) is 5.91 Å². The first-order valence-corrected chi connectivity index (χ1v) is 5.45. The van der Waals surface area contributed by atoms with Crippen LogP contribution in [0, 0.1) is 12.3 Å². The molecule has 1 rings (SSSR count). The zero-order valence-corrected chi connectivity index (χ0v) is 9.84. The molecular formula is C12H20N2O. The molecule has 0 aromatic heterocycles. The van der Waals surface area contributed by atoms with Crippen molar-refractivity contribution >= 4 is 5.91 Å². The fraction of sp³-hybridized carbons (Fsp3) is 0.750. The van der Waals surface area contributed by atoms with Crippen molar-refractivity contribution in [2.75, 3.05) is 13.1 Å². The third-order valence-corrected chi connectivity index (χ3v) is 2.87. The van der Waals surface area contributed by atoms with Crippen LogP contribution in [0.4, 0.5) is 0 Å². The molecule has 0 spiro atoms. The highest BCUT2D eigenvalue weighted by molar-refractivity contribution is 5.73. The minimum Gasteiger partial charge on any atom is -0.343 e. The molecule has 3 nitrogen and oxygen atoms in total. The Morgan fingerprint density at radius 2 is 2.00 bits per heavy atom. The maximum absolute atomic E-state index is 11.1. The van der Waals surface area contributed by atoms with E-state index in [9.17, 15) is 4.79 Å². The molecule has 0 aromatic rings. The third kappa shape index (κ3) is 3.56. The number of terminal acetylenes is 1. The number of likely N-dealkylation sites (tertiary alicyclic amines) is 1. The van der Waals surface area contributed by atoms with E-state index in [1.807, 2.05) is 18.7 Å². The number of carbonyl (C=O) groups is 1. The zero-order chi connectivity index (χ0) is 11.5. The van der Waals surface area contributed by atoms with Crippen molar-refractivity contribution < 1.29 is 4.79 Å². The number of carbonyl (C=O) groups excluding carboxylic acids is 1. The van der Waals surface area contributed by atoms with Crippen molar-refractivity contribution in [2.24, 2.45) is 0 Å². The van der Waals surface area contributed by atoms with Crippen LogP contribution in [-0.2, 0) is 4.79 Å². The van der Waals surface area contributed by atoms with Crippen LogP contribution in [0.5, 0.6) is 0 Å². The topological polar surface area (TPSA) is 32.3 Å². The molecule has 3 heteroatoms. The average molecular weight is 208 g/mol. The lowest BCUT2D eigenvalue weighted by Crippen LogP contribution is -2.50. The van der Waals surface area contributed by atoms with E-state index in [-0.39, 0.29) is 11.4 Å². The van der Waals surface area contributed by atoms with E-state index < -0.39 is 0 Å². The highest BCUT2D eigenvalue weighted by atomic mass is 16.2. The quantitative estimate of drug-likeness (QED) is 0.687. The molecule has 0 bridgehead atoms. The molecule has 1 saturated heterocycles. The van der Waals surface area contributed by atoms with Gasteiger partial charge in [0, 0.05) is 26.1 Å². The summed E-state index contributed by atoms with van der Waals surface area (Å²) in [4.78, 5) is 13.0. The maximum Gasteiger partial charge on any atom is 0.219 e. The monoisotopic (exact) mass is 208 g/mol. The smallest absolute Gasteiger partial charge is 0.219 e. The van der Waals surface area contributed by atoms with E-state index >= 15 is 0 Å². The van der Waals surface area contributed by atoms with E-state index in [1.54, 1.807) is 6.92 Å². The van der Waals surface area contributed by atoms with Crippen molar-refractivity contribution in [3.63, 3.8) is 0 Å². The van der Waals surface area contributed by atoms with E-state index in [2.05, 4.69) is 11.2 Å². The molecule has 84 valence electrons. The molecule has 0 aliphatic carbocycles. The van der Waals surface area contributed by atoms with Gasteiger partial charge in [-0.2, -0.15) is 0 Å². The first-order chi connectivity index (χ1) is 6.94. The van der Waals surface area contributed by atoms with Crippen LogP contribution in [0.3, 0.4) is 0 Å². The highest BCUT2D eigenvalue weighted by Gasteiger charge is 2.24. The van der Waals surface area contributed by atoms with E-state index in [1.165, 1.54) is 0 Å².